The molecule has 1 aromatic carbocycles. The molecule has 0 nitrogen and oxygen atoms in total. The van der Waals surface area contributed by atoms with Gasteiger partial charge in [0.1, 0.15) is 0 Å². The van der Waals surface area contributed by atoms with Crippen LogP contribution < -0.4 is 0 Å². The van der Waals surface area contributed by atoms with Crippen LogP contribution in [0, 0.1) is 0 Å². The summed E-state index contributed by atoms with van der Waals surface area (Å²) in [4.78, 5) is 0. The molecular weight excluding hydrogens is 244 g/mol. The van der Waals surface area contributed by atoms with Gasteiger partial charge in [0.05, 0.1) is 0 Å². The van der Waals surface area contributed by atoms with Gasteiger partial charge in [-0.15, -0.1) is 0 Å². The summed E-state index contributed by atoms with van der Waals surface area (Å²) in [5, 5.41) is 0.761. The number of rotatable bonds is 2. The van der Waals surface area contributed by atoms with Crippen LogP contribution in [-0.4, -0.2) is 15.0 Å². The number of halogens is 3. The number of benzene rings is 1. The van der Waals surface area contributed by atoms with Crippen LogP contribution in [0.1, 0.15) is 11.1 Å². The van der Waals surface area contributed by atoms with Gasteiger partial charge in [-0.2, -0.15) is 0 Å². The SMILES string of the molecule is C[Se]Cc1cccc(C(F)(F)F)c1. The van der Waals surface area contributed by atoms with Crippen LogP contribution >= 0.6 is 0 Å². The Balaban J connectivity index is 2.92. The zero-order valence-corrected chi connectivity index (χ0v) is 8.77. The maximum atomic E-state index is 12.2. The van der Waals surface area contributed by atoms with Gasteiger partial charge in [-0.3, -0.25) is 0 Å². The van der Waals surface area contributed by atoms with E-state index in [2.05, 4.69) is 0 Å². The standard InChI is InChI=1S/C9H9F3Se/c1-13-6-7-3-2-4-8(5-7)9(10,11)12/h2-5H,6H2,1H3. The minimum absolute atomic E-state index is 0.379. The summed E-state index contributed by atoms with van der Waals surface area (Å²) >= 11 is 0.379. The van der Waals surface area contributed by atoms with E-state index in [1.165, 1.54) is 12.1 Å². The second kappa shape index (κ2) is 4.16. The molecule has 0 aliphatic heterocycles. The van der Waals surface area contributed by atoms with Crippen molar-refractivity contribution in [3.05, 3.63) is 35.4 Å². The summed E-state index contributed by atoms with van der Waals surface area (Å²) < 4.78 is 36.6. The van der Waals surface area contributed by atoms with Crippen molar-refractivity contribution in [2.75, 3.05) is 0 Å². The van der Waals surface area contributed by atoms with Crippen LogP contribution in [0.2, 0.25) is 5.82 Å². The molecule has 1 aromatic rings. The summed E-state index contributed by atoms with van der Waals surface area (Å²) in [7, 11) is 0. The Morgan fingerprint density at radius 1 is 1.31 bits per heavy atom. The fraction of sp³-hybridized carbons (Fsp3) is 0.333. The van der Waals surface area contributed by atoms with Crippen molar-refractivity contribution in [1.82, 2.24) is 0 Å². The Kier molecular flexibility index (Phi) is 3.39. The summed E-state index contributed by atoms with van der Waals surface area (Å²) in [6.07, 6.45) is -4.21. The van der Waals surface area contributed by atoms with Gasteiger partial charge < -0.3 is 0 Å². The summed E-state index contributed by atoms with van der Waals surface area (Å²) in [6, 6.07) is 5.53. The van der Waals surface area contributed by atoms with E-state index in [1.54, 1.807) is 6.07 Å². The van der Waals surface area contributed by atoms with Crippen LogP contribution in [0.4, 0.5) is 13.2 Å². The Hall–Kier alpha value is -0.471. The van der Waals surface area contributed by atoms with E-state index in [1.807, 2.05) is 5.82 Å². The van der Waals surface area contributed by atoms with Crippen LogP contribution in [0.15, 0.2) is 24.3 Å². The molecule has 0 saturated carbocycles. The van der Waals surface area contributed by atoms with Gasteiger partial charge in [0.15, 0.2) is 0 Å². The van der Waals surface area contributed by atoms with Gasteiger partial charge in [0.2, 0.25) is 0 Å². The van der Waals surface area contributed by atoms with Crippen molar-refractivity contribution in [2.24, 2.45) is 0 Å². The molecular formula is C9H9F3Se. The molecule has 0 atom stereocenters. The molecule has 0 aliphatic rings. The second-order valence-corrected chi connectivity index (χ2v) is 4.45. The normalized spacial score (nSPS) is 11.7. The molecule has 0 saturated heterocycles. The predicted molar refractivity (Wildman–Crippen MR) is 46.8 cm³/mol. The Bertz CT molecular complexity index is 280. The van der Waals surface area contributed by atoms with Gasteiger partial charge in [0.25, 0.3) is 0 Å². The number of alkyl halides is 3. The second-order valence-electron chi connectivity index (χ2n) is 2.63. The summed E-state index contributed by atoms with van der Waals surface area (Å²) in [6.45, 7) is 0. The van der Waals surface area contributed by atoms with Gasteiger partial charge in [-0.1, -0.05) is 0 Å². The molecule has 0 bridgehead atoms. The van der Waals surface area contributed by atoms with Crippen molar-refractivity contribution < 1.29 is 13.2 Å². The van der Waals surface area contributed by atoms with E-state index in [0.717, 1.165) is 16.9 Å². The molecule has 0 unspecified atom stereocenters. The van der Waals surface area contributed by atoms with Gasteiger partial charge in [-0.25, -0.2) is 0 Å². The predicted octanol–water partition coefficient (Wildman–Crippen LogP) is 2.96. The fourth-order valence-corrected chi connectivity index (χ4v) is 2.08. The monoisotopic (exact) mass is 254 g/mol. The zero-order chi connectivity index (χ0) is 9.90. The van der Waals surface area contributed by atoms with Crippen LogP contribution in [-0.2, 0) is 11.5 Å². The first-order valence-corrected chi connectivity index (χ1v) is 6.61. The van der Waals surface area contributed by atoms with E-state index < -0.39 is 11.7 Å². The Morgan fingerprint density at radius 2 is 2.00 bits per heavy atom. The van der Waals surface area contributed by atoms with Crippen molar-refractivity contribution in [3.63, 3.8) is 0 Å². The number of hydrogen-bond acceptors (Lipinski definition) is 0. The molecule has 4 heteroatoms. The molecule has 0 aromatic heterocycles. The molecule has 0 radical (unpaired) electrons. The van der Waals surface area contributed by atoms with Crippen LogP contribution in [0.5, 0.6) is 0 Å². The van der Waals surface area contributed by atoms with Crippen molar-refractivity contribution in [3.8, 4) is 0 Å². The first kappa shape index (κ1) is 10.6. The van der Waals surface area contributed by atoms with E-state index in [9.17, 15) is 13.2 Å². The van der Waals surface area contributed by atoms with Gasteiger partial charge >= 0.3 is 80.8 Å². The molecule has 0 spiro atoms. The first-order chi connectivity index (χ1) is 6.04. The minimum atomic E-state index is -4.21. The molecule has 1 rings (SSSR count). The quantitative estimate of drug-likeness (QED) is 0.711. The first-order valence-electron chi connectivity index (χ1n) is 3.69. The van der Waals surface area contributed by atoms with E-state index in [-0.39, 0.29) is 0 Å². The topological polar surface area (TPSA) is 0 Å². The van der Waals surface area contributed by atoms with Crippen molar-refractivity contribution >= 4 is 15.0 Å². The molecule has 0 N–H and O–H groups in total. The Labute approximate surface area is 81.3 Å². The zero-order valence-electron chi connectivity index (χ0n) is 7.06. The Morgan fingerprint density at radius 3 is 2.54 bits per heavy atom. The van der Waals surface area contributed by atoms with Crippen LogP contribution in [0.3, 0.4) is 0 Å². The van der Waals surface area contributed by atoms with Gasteiger partial charge in [0, 0.05) is 0 Å². The summed E-state index contributed by atoms with van der Waals surface area (Å²) in [5.74, 6) is 2.01. The van der Waals surface area contributed by atoms with Crippen LogP contribution in [0.25, 0.3) is 0 Å². The molecule has 0 amide bonds. The van der Waals surface area contributed by atoms with Crippen molar-refractivity contribution in [1.29, 1.82) is 0 Å². The average Bonchev–Trinajstić information content (AvgIpc) is 2.04. The molecule has 0 heterocycles. The van der Waals surface area contributed by atoms with Crippen molar-refractivity contribution in [2.45, 2.75) is 17.3 Å². The third-order valence-electron chi connectivity index (χ3n) is 1.57. The third-order valence-corrected chi connectivity index (χ3v) is 2.87. The van der Waals surface area contributed by atoms with E-state index >= 15 is 0 Å². The third kappa shape index (κ3) is 3.05. The fourth-order valence-electron chi connectivity index (χ4n) is 1.00. The molecule has 72 valence electrons. The molecule has 0 fully saturated rings. The van der Waals surface area contributed by atoms with E-state index in [0.29, 0.717) is 15.0 Å². The molecule has 0 aliphatic carbocycles. The summed E-state index contributed by atoms with van der Waals surface area (Å²) in [5.41, 5.74) is 0.228. The number of hydrogen-bond donors (Lipinski definition) is 0. The average molecular weight is 253 g/mol. The van der Waals surface area contributed by atoms with E-state index in [4.69, 9.17) is 0 Å². The van der Waals surface area contributed by atoms with Gasteiger partial charge in [-0.05, 0) is 0 Å². The molecule has 13 heavy (non-hydrogen) atoms. The maximum absolute atomic E-state index is 12.2.